The SMILES string of the molecule is N#CC(=Cc1ccc(-c2cc([N+](=O)[O-])ccc2Cl)o1)c1ccccc1F. The van der Waals surface area contributed by atoms with Crippen molar-refractivity contribution < 1.29 is 13.7 Å². The maximum Gasteiger partial charge on any atom is 0.270 e. The van der Waals surface area contributed by atoms with Gasteiger partial charge in [-0.15, -0.1) is 0 Å². The molecule has 0 amide bonds. The number of nitro benzene ring substituents is 1. The van der Waals surface area contributed by atoms with Crippen LogP contribution < -0.4 is 0 Å². The summed E-state index contributed by atoms with van der Waals surface area (Å²) in [5.74, 6) is 0.0759. The number of halogens is 2. The van der Waals surface area contributed by atoms with Crippen molar-refractivity contribution >= 4 is 28.9 Å². The van der Waals surface area contributed by atoms with E-state index in [1.807, 2.05) is 6.07 Å². The van der Waals surface area contributed by atoms with Crippen LogP contribution in [-0.4, -0.2) is 4.92 Å². The number of non-ortho nitro benzene ring substituents is 1. The molecule has 3 rings (SSSR count). The zero-order valence-corrected chi connectivity index (χ0v) is 13.9. The van der Waals surface area contributed by atoms with Crippen LogP contribution in [-0.2, 0) is 0 Å². The van der Waals surface area contributed by atoms with Gasteiger partial charge in [0.2, 0.25) is 0 Å². The Kier molecular flexibility index (Phi) is 4.83. The lowest BCUT2D eigenvalue weighted by Crippen LogP contribution is -1.88. The average molecular weight is 369 g/mol. The average Bonchev–Trinajstić information content (AvgIpc) is 3.09. The van der Waals surface area contributed by atoms with Gasteiger partial charge in [0.15, 0.2) is 0 Å². The van der Waals surface area contributed by atoms with Gasteiger partial charge in [0, 0.05) is 23.3 Å². The fourth-order valence-corrected chi connectivity index (χ4v) is 2.59. The second-order valence-electron chi connectivity index (χ2n) is 5.27. The lowest BCUT2D eigenvalue weighted by Gasteiger charge is -2.01. The van der Waals surface area contributed by atoms with Gasteiger partial charge in [0.25, 0.3) is 5.69 Å². The molecule has 26 heavy (non-hydrogen) atoms. The van der Waals surface area contributed by atoms with Crippen molar-refractivity contribution in [2.24, 2.45) is 0 Å². The molecule has 0 saturated carbocycles. The van der Waals surface area contributed by atoms with Crippen LogP contribution in [0.1, 0.15) is 11.3 Å². The van der Waals surface area contributed by atoms with E-state index in [4.69, 9.17) is 16.0 Å². The molecular formula is C19H10ClFN2O3. The lowest BCUT2D eigenvalue weighted by atomic mass is 10.1. The van der Waals surface area contributed by atoms with Crippen LogP contribution in [0, 0.1) is 27.3 Å². The zero-order valence-electron chi connectivity index (χ0n) is 13.1. The molecule has 0 aliphatic heterocycles. The topological polar surface area (TPSA) is 80.1 Å². The first-order valence-electron chi connectivity index (χ1n) is 7.40. The molecule has 0 radical (unpaired) electrons. The van der Waals surface area contributed by atoms with E-state index in [1.54, 1.807) is 18.2 Å². The summed E-state index contributed by atoms with van der Waals surface area (Å²) in [5, 5.41) is 20.5. The van der Waals surface area contributed by atoms with Crippen LogP contribution in [0.25, 0.3) is 23.0 Å². The monoisotopic (exact) mass is 368 g/mol. The minimum Gasteiger partial charge on any atom is -0.457 e. The molecule has 0 atom stereocenters. The first kappa shape index (κ1) is 17.4. The van der Waals surface area contributed by atoms with E-state index in [0.717, 1.165) is 0 Å². The van der Waals surface area contributed by atoms with E-state index in [9.17, 15) is 19.8 Å². The van der Waals surface area contributed by atoms with E-state index >= 15 is 0 Å². The fraction of sp³-hybridized carbons (Fsp3) is 0. The van der Waals surface area contributed by atoms with Gasteiger partial charge in [0.05, 0.1) is 21.6 Å². The number of hydrogen-bond donors (Lipinski definition) is 0. The quantitative estimate of drug-likeness (QED) is 0.335. The number of allylic oxidation sites excluding steroid dienone is 1. The highest BCUT2D eigenvalue weighted by atomic mass is 35.5. The minimum absolute atomic E-state index is 0.0918. The van der Waals surface area contributed by atoms with Gasteiger partial charge in [-0.2, -0.15) is 5.26 Å². The molecule has 0 fully saturated rings. The summed E-state index contributed by atoms with van der Waals surface area (Å²) in [6.07, 6.45) is 1.40. The van der Waals surface area contributed by atoms with Crippen LogP contribution in [0.4, 0.5) is 10.1 Å². The molecule has 0 aliphatic rings. The third kappa shape index (κ3) is 3.48. The van der Waals surface area contributed by atoms with Crippen LogP contribution in [0.15, 0.2) is 59.0 Å². The van der Waals surface area contributed by atoms with E-state index in [-0.39, 0.29) is 21.8 Å². The van der Waals surface area contributed by atoms with Gasteiger partial charge >= 0.3 is 0 Å². The summed E-state index contributed by atoms with van der Waals surface area (Å²) in [7, 11) is 0. The zero-order chi connectivity index (χ0) is 18.7. The normalized spacial score (nSPS) is 11.2. The summed E-state index contributed by atoms with van der Waals surface area (Å²) in [5.41, 5.74) is 0.474. The molecule has 128 valence electrons. The van der Waals surface area contributed by atoms with Crippen molar-refractivity contribution in [2.75, 3.05) is 0 Å². The maximum atomic E-state index is 13.9. The summed E-state index contributed by atoms with van der Waals surface area (Å²) in [6.45, 7) is 0. The Hall–Kier alpha value is -3.43. The van der Waals surface area contributed by atoms with Crippen molar-refractivity contribution in [3.8, 4) is 17.4 Å². The predicted molar refractivity (Wildman–Crippen MR) is 95.7 cm³/mol. The second-order valence-corrected chi connectivity index (χ2v) is 5.68. The smallest absolute Gasteiger partial charge is 0.270 e. The minimum atomic E-state index is -0.532. The van der Waals surface area contributed by atoms with E-state index in [0.29, 0.717) is 17.1 Å². The molecule has 5 nitrogen and oxygen atoms in total. The van der Waals surface area contributed by atoms with E-state index < -0.39 is 10.7 Å². The van der Waals surface area contributed by atoms with Crippen molar-refractivity contribution in [3.63, 3.8) is 0 Å². The molecule has 0 aliphatic carbocycles. The Balaban J connectivity index is 2.01. The van der Waals surface area contributed by atoms with E-state index in [1.165, 1.54) is 42.5 Å². The Morgan fingerprint density at radius 3 is 2.69 bits per heavy atom. The number of nitriles is 1. The van der Waals surface area contributed by atoms with Gasteiger partial charge in [-0.25, -0.2) is 4.39 Å². The Labute approximate surface area is 152 Å². The first-order valence-corrected chi connectivity index (χ1v) is 7.78. The van der Waals surface area contributed by atoms with E-state index in [2.05, 4.69) is 0 Å². The molecule has 1 heterocycles. The maximum absolute atomic E-state index is 13.9. The molecular weight excluding hydrogens is 359 g/mol. The number of furan rings is 1. The lowest BCUT2D eigenvalue weighted by molar-refractivity contribution is -0.384. The Bertz CT molecular complexity index is 1070. The van der Waals surface area contributed by atoms with Crippen molar-refractivity contribution in [2.45, 2.75) is 0 Å². The number of hydrogen-bond acceptors (Lipinski definition) is 4. The van der Waals surface area contributed by atoms with Gasteiger partial charge < -0.3 is 4.42 Å². The van der Waals surface area contributed by atoms with Gasteiger partial charge in [-0.3, -0.25) is 10.1 Å². The molecule has 7 heteroatoms. The highest BCUT2D eigenvalue weighted by molar-refractivity contribution is 6.33. The van der Waals surface area contributed by atoms with Crippen LogP contribution in [0.3, 0.4) is 0 Å². The third-order valence-electron chi connectivity index (χ3n) is 3.62. The molecule has 0 spiro atoms. The van der Waals surface area contributed by atoms with Crippen LogP contribution in [0.2, 0.25) is 5.02 Å². The molecule has 0 unspecified atom stereocenters. The molecule has 2 aromatic carbocycles. The summed E-state index contributed by atoms with van der Waals surface area (Å²) < 4.78 is 19.5. The molecule has 0 N–H and O–H groups in total. The molecule has 3 aromatic rings. The number of nitro groups is 1. The first-order chi connectivity index (χ1) is 12.5. The van der Waals surface area contributed by atoms with Crippen molar-refractivity contribution in [1.82, 2.24) is 0 Å². The van der Waals surface area contributed by atoms with Crippen LogP contribution in [0.5, 0.6) is 0 Å². The Morgan fingerprint density at radius 1 is 1.23 bits per heavy atom. The number of benzene rings is 2. The van der Waals surface area contributed by atoms with Crippen LogP contribution >= 0.6 is 11.6 Å². The standard InChI is InChI=1S/C19H10ClFN2O3/c20-17-7-5-13(23(24)25)10-16(17)19-8-6-14(26-19)9-12(11-22)15-3-1-2-4-18(15)21/h1-10H. The van der Waals surface area contributed by atoms with Gasteiger partial charge in [-0.1, -0.05) is 29.8 Å². The third-order valence-corrected chi connectivity index (χ3v) is 3.95. The predicted octanol–water partition coefficient (Wildman–Crippen LogP) is 5.71. The second kappa shape index (κ2) is 7.21. The molecule has 0 bridgehead atoms. The highest BCUT2D eigenvalue weighted by Gasteiger charge is 2.15. The number of rotatable bonds is 4. The van der Waals surface area contributed by atoms with Gasteiger partial charge in [-0.05, 0) is 30.3 Å². The van der Waals surface area contributed by atoms with Crippen molar-refractivity contribution in [3.05, 3.63) is 86.9 Å². The molecule has 1 aromatic heterocycles. The van der Waals surface area contributed by atoms with Crippen molar-refractivity contribution in [1.29, 1.82) is 5.26 Å². The highest BCUT2D eigenvalue weighted by Crippen LogP contribution is 2.33. The summed E-state index contributed by atoms with van der Waals surface area (Å²) in [6, 6.07) is 15.0. The Morgan fingerprint density at radius 2 is 2.00 bits per heavy atom. The van der Waals surface area contributed by atoms with Gasteiger partial charge in [0.1, 0.15) is 17.3 Å². The summed E-state index contributed by atoms with van der Waals surface area (Å²) in [4.78, 5) is 10.4. The summed E-state index contributed by atoms with van der Waals surface area (Å²) >= 11 is 6.09. The largest absolute Gasteiger partial charge is 0.457 e. The number of nitrogens with zero attached hydrogens (tertiary/aromatic N) is 2. The fourth-order valence-electron chi connectivity index (χ4n) is 2.38. The molecule has 0 saturated heterocycles.